The standard InChI is InChI=1S/C17H25NO2/c1-2-20-17-9-4-3-7-14(17)16(19)10-15-13-8-5-6-12(13)11-18-15/h3-4,7,9,12-13,15-16,18-19H,2,5-6,8,10-11H2,1H3. The lowest BCUT2D eigenvalue weighted by molar-refractivity contribution is 0.140. The van der Waals surface area contributed by atoms with E-state index in [4.69, 9.17) is 4.74 Å². The second-order valence-electron chi connectivity index (χ2n) is 6.09. The number of rotatable bonds is 5. The first-order valence-corrected chi connectivity index (χ1v) is 7.92. The lowest BCUT2D eigenvalue weighted by atomic mass is 9.89. The Balaban J connectivity index is 1.68. The highest BCUT2D eigenvalue weighted by Crippen LogP contribution is 2.41. The van der Waals surface area contributed by atoms with Crippen LogP contribution in [0.1, 0.15) is 44.3 Å². The Morgan fingerprint density at radius 2 is 2.20 bits per heavy atom. The molecule has 1 aliphatic carbocycles. The number of ether oxygens (including phenoxy) is 1. The highest BCUT2D eigenvalue weighted by atomic mass is 16.5. The van der Waals surface area contributed by atoms with E-state index in [9.17, 15) is 5.11 Å². The molecule has 0 bridgehead atoms. The van der Waals surface area contributed by atoms with E-state index < -0.39 is 6.10 Å². The van der Waals surface area contributed by atoms with Gasteiger partial charge in [-0.2, -0.15) is 0 Å². The molecule has 1 saturated heterocycles. The lowest BCUT2D eigenvalue weighted by Crippen LogP contribution is -2.29. The van der Waals surface area contributed by atoms with Crippen LogP contribution in [0.15, 0.2) is 24.3 Å². The van der Waals surface area contributed by atoms with E-state index in [1.807, 2.05) is 31.2 Å². The van der Waals surface area contributed by atoms with Crippen molar-refractivity contribution in [2.75, 3.05) is 13.2 Å². The summed E-state index contributed by atoms with van der Waals surface area (Å²) in [5.41, 5.74) is 0.928. The molecule has 1 aliphatic heterocycles. The van der Waals surface area contributed by atoms with E-state index in [1.54, 1.807) is 0 Å². The number of aliphatic hydroxyl groups is 1. The zero-order valence-electron chi connectivity index (χ0n) is 12.2. The molecule has 1 aromatic carbocycles. The Bertz CT molecular complexity index is 448. The largest absolute Gasteiger partial charge is 0.493 e. The molecule has 0 spiro atoms. The molecule has 1 aromatic rings. The van der Waals surface area contributed by atoms with Crippen molar-refractivity contribution in [3.8, 4) is 5.75 Å². The summed E-state index contributed by atoms with van der Waals surface area (Å²) in [5, 5.41) is 14.2. The summed E-state index contributed by atoms with van der Waals surface area (Å²) < 4.78 is 5.63. The van der Waals surface area contributed by atoms with Gasteiger partial charge in [0.05, 0.1) is 12.7 Å². The third kappa shape index (κ3) is 2.70. The van der Waals surface area contributed by atoms with Gasteiger partial charge in [0.1, 0.15) is 5.75 Å². The van der Waals surface area contributed by atoms with Crippen molar-refractivity contribution < 1.29 is 9.84 Å². The van der Waals surface area contributed by atoms with E-state index in [1.165, 1.54) is 19.3 Å². The van der Waals surface area contributed by atoms with Crippen molar-refractivity contribution in [2.45, 2.75) is 44.8 Å². The molecule has 3 heteroatoms. The fourth-order valence-corrected chi connectivity index (χ4v) is 3.97. The monoisotopic (exact) mass is 275 g/mol. The number of fused-ring (bicyclic) bond motifs is 1. The van der Waals surface area contributed by atoms with E-state index >= 15 is 0 Å². The van der Waals surface area contributed by atoms with Gasteiger partial charge < -0.3 is 15.2 Å². The molecule has 20 heavy (non-hydrogen) atoms. The van der Waals surface area contributed by atoms with Crippen molar-refractivity contribution >= 4 is 0 Å². The summed E-state index contributed by atoms with van der Waals surface area (Å²) in [7, 11) is 0. The highest BCUT2D eigenvalue weighted by molar-refractivity contribution is 5.35. The highest BCUT2D eigenvalue weighted by Gasteiger charge is 2.39. The number of benzene rings is 1. The summed E-state index contributed by atoms with van der Waals surface area (Å²) in [5.74, 6) is 2.43. The van der Waals surface area contributed by atoms with E-state index in [0.717, 1.165) is 36.1 Å². The summed E-state index contributed by atoms with van der Waals surface area (Å²) in [6.45, 7) is 3.75. The Kier molecular flexibility index (Phi) is 4.27. The predicted molar refractivity (Wildman–Crippen MR) is 79.8 cm³/mol. The van der Waals surface area contributed by atoms with Crippen LogP contribution in [0.3, 0.4) is 0 Å². The minimum atomic E-state index is -0.436. The first-order chi connectivity index (χ1) is 9.79. The average Bonchev–Trinajstić information content (AvgIpc) is 3.05. The molecule has 2 N–H and O–H groups in total. The van der Waals surface area contributed by atoms with Crippen LogP contribution >= 0.6 is 0 Å². The van der Waals surface area contributed by atoms with Crippen molar-refractivity contribution in [2.24, 2.45) is 11.8 Å². The van der Waals surface area contributed by atoms with Crippen molar-refractivity contribution in [3.05, 3.63) is 29.8 Å². The zero-order chi connectivity index (χ0) is 13.9. The van der Waals surface area contributed by atoms with Gasteiger partial charge in [0, 0.05) is 11.6 Å². The molecular formula is C17H25NO2. The smallest absolute Gasteiger partial charge is 0.125 e. The van der Waals surface area contributed by atoms with Crippen LogP contribution in [0.2, 0.25) is 0 Å². The van der Waals surface area contributed by atoms with Gasteiger partial charge in [-0.25, -0.2) is 0 Å². The summed E-state index contributed by atoms with van der Waals surface area (Å²) >= 11 is 0. The normalized spacial score (nSPS) is 30.2. The SMILES string of the molecule is CCOc1ccccc1C(O)CC1NCC2CCCC21. The lowest BCUT2D eigenvalue weighted by Gasteiger charge is -2.23. The van der Waals surface area contributed by atoms with Gasteiger partial charge in [0.15, 0.2) is 0 Å². The number of hydrogen-bond donors (Lipinski definition) is 2. The number of nitrogens with one attached hydrogen (secondary N) is 1. The van der Waals surface area contributed by atoms with E-state index in [0.29, 0.717) is 12.6 Å². The molecule has 1 saturated carbocycles. The molecule has 110 valence electrons. The Morgan fingerprint density at radius 1 is 1.35 bits per heavy atom. The first kappa shape index (κ1) is 13.9. The molecule has 1 heterocycles. The van der Waals surface area contributed by atoms with Crippen LogP contribution in [0.4, 0.5) is 0 Å². The molecule has 0 amide bonds. The van der Waals surface area contributed by atoms with Crippen LogP contribution in [0.5, 0.6) is 5.75 Å². The number of para-hydroxylation sites is 1. The summed E-state index contributed by atoms with van der Waals surface area (Å²) in [6.07, 6.45) is 4.40. The maximum atomic E-state index is 10.6. The molecule has 3 nitrogen and oxygen atoms in total. The molecule has 4 unspecified atom stereocenters. The number of aliphatic hydroxyl groups excluding tert-OH is 1. The van der Waals surface area contributed by atoms with Crippen LogP contribution in [-0.4, -0.2) is 24.3 Å². The van der Waals surface area contributed by atoms with E-state index in [-0.39, 0.29) is 0 Å². The topological polar surface area (TPSA) is 41.5 Å². The van der Waals surface area contributed by atoms with Crippen LogP contribution in [0, 0.1) is 11.8 Å². The van der Waals surface area contributed by atoms with Gasteiger partial charge in [-0.15, -0.1) is 0 Å². The molecule has 0 radical (unpaired) electrons. The minimum Gasteiger partial charge on any atom is -0.493 e. The molecule has 4 atom stereocenters. The average molecular weight is 275 g/mol. The Labute approximate surface area is 121 Å². The molecular weight excluding hydrogens is 250 g/mol. The van der Waals surface area contributed by atoms with E-state index in [2.05, 4.69) is 5.32 Å². The summed E-state index contributed by atoms with van der Waals surface area (Å²) in [4.78, 5) is 0. The van der Waals surface area contributed by atoms with Crippen molar-refractivity contribution in [1.29, 1.82) is 0 Å². The van der Waals surface area contributed by atoms with Gasteiger partial charge >= 0.3 is 0 Å². The molecule has 0 aromatic heterocycles. The molecule has 2 fully saturated rings. The number of hydrogen-bond acceptors (Lipinski definition) is 3. The maximum Gasteiger partial charge on any atom is 0.125 e. The maximum absolute atomic E-state index is 10.6. The summed E-state index contributed by atoms with van der Waals surface area (Å²) in [6, 6.07) is 8.33. The Hall–Kier alpha value is -1.06. The third-order valence-corrected chi connectivity index (χ3v) is 4.93. The second kappa shape index (κ2) is 6.15. The van der Waals surface area contributed by atoms with Gasteiger partial charge in [-0.05, 0) is 50.6 Å². The minimum absolute atomic E-state index is 0.436. The van der Waals surface area contributed by atoms with Crippen molar-refractivity contribution in [3.63, 3.8) is 0 Å². The quantitative estimate of drug-likeness (QED) is 0.868. The molecule has 3 rings (SSSR count). The van der Waals surface area contributed by atoms with Gasteiger partial charge in [0.2, 0.25) is 0 Å². The second-order valence-corrected chi connectivity index (χ2v) is 6.09. The third-order valence-electron chi connectivity index (χ3n) is 4.93. The first-order valence-electron chi connectivity index (χ1n) is 7.92. The van der Waals surface area contributed by atoms with Crippen LogP contribution in [0.25, 0.3) is 0 Å². The zero-order valence-corrected chi connectivity index (χ0v) is 12.2. The van der Waals surface area contributed by atoms with Crippen LogP contribution in [-0.2, 0) is 0 Å². The fraction of sp³-hybridized carbons (Fsp3) is 0.647. The van der Waals surface area contributed by atoms with Gasteiger partial charge in [0.25, 0.3) is 0 Å². The van der Waals surface area contributed by atoms with Gasteiger partial charge in [-0.3, -0.25) is 0 Å². The Morgan fingerprint density at radius 3 is 3.05 bits per heavy atom. The van der Waals surface area contributed by atoms with Crippen molar-refractivity contribution in [1.82, 2.24) is 5.32 Å². The molecule has 2 aliphatic rings. The van der Waals surface area contributed by atoms with Crippen LogP contribution < -0.4 is 10.1 Å². The fourth-order valence-electron chi connectivity index (χ4n) is 3.97. The predicted octanol–water partition coefficient (Wildman–Crippen LogP) is 2.90. The van der Waals surface area contributed by atoms with Gasteiger partial charge in [-0.1, -0.05) is 24.6 Å².